The van der Waals surface area contributed by atoms with Gasteiger partial charge < -0.3 is 11.5 Å². The number of primary amides is 2. The smallest absolute Gasteiger partial charge is 0.317 e. The summed E-state index contributed by atoms with van der Waals surface area (Å²) in [6.07, 6.45) is 1.43. The Kier molecular flexibility index (Phi) is 4.40. The molecule has 3 rings (SSSR count). The van der Waals surface area contributed by atoms with Gasteiger partial charge in [0.05, 0.1) is 5.69 Å². The maximum absolute atomic E-state index is 11.5. The summed E-state index contributed by atoms with van der Waals surface area (Å²) < 4.78 is 1.44. The number of halogens is 1. The lowest BCUT2D eigenvalue weighted by molar-refractivity contribution is 0.100. The zero-order valence-corrected chi connectivity index (χ0v) is 13.7. The van der Waals surface area contributed by atoms with Gasteiger partial charge in [0, 0.05) is 11.2 Å². The Bertz CT molecular complexity index is 950. The lowest BCUT2D eigenvalue weighted by Gasteiger charge is -2.05. The van der Waals surface area contributed by atoms with Gasteiger partial charge in [0.2, 0.25) is 0 Å². The predicted molar refractivity (Wildman–Crippen MR) is 95.7 cm³/mol. The van der Waals surface area contributed by atoms with Gasteiger partial charge in [-0.25, -0.2) is 9.48 Å². The number of hydrogen-bond donors (Lipinski definition) is 3. The molecule has 1 heterocycles. The van der Waals surface area contributed by atoms with Gasteiger partial charge in [-0.3, -0.25) is 10.1 Å². The number of amides is 3. The number of carbonyl (C=O) groups is 2. The van der Waals surface area contributed by atoms with E-state index in [0.717, 1.165) is 11.1 Å². The van der Waals surface area contributed by atoms with Gasteiger partial charge >= 0.3 is 6.03 Å². The highest BCUT2D eigenvalue weighted by Gasteiger charge is 2.16. The van der Waals surface area contributed by atoms with Gasteiger partial charge in [0.15, 0.2) is 5.82 Å². The first-order valence-electron chi connectivity index (χ1n) is 7.26. The van der Waals surface area contributed by atoms with Crippen LogP contribution < -0.4 is 16.8 Å². The van der Waals surface area contributed by atoms with Crippen molar-refractivity contribution in [3.8, 4) is 16.8 Å². The molecule has 5 N–H and O–H groups in total. The molecule has 2 aromatic carbocycles. The van der Waals surface area contributed by atoms with Crippen molar-refractivity contribution >= 4 is 29.4 Å². The molecule has 0 aliphatic rings. The first kappa shape index (κ1) is 16.5. The van der Waals surface area contributed by atoms with Gasteiger partial charge in [-0.2, -0.15) is 0 Å². The summed E-state index contributed by atoms with van der Waals surface area (Å²) in [6.45, 7) is 0. The number of nitrogens with one attached hydrogen (secondary N) is 1. The monoisotopic (exact) mass is 355 g/mol. The van der Waals surface area contributed by atoms with Crippen LogP contribution in [0, 0.1) is 0 Å². The van der Waals surface area contributed by atoms with E-state index in [4.69, 9.17) is 23.1 Å². The highest BCUT2D eigenvalue weighted by atomic mass is 35.5. The van der Waals surface area contributed by atoms with Crippen LogP contribution in [0.5, 0.6) is 0 Å². The molecule has 3 amide bonds. The van der Waals surface area contributed by atoms with Crippen LogP contribution >= 0.6 is 11.6 Å². The molecule has 0 saturated carbocycles. The Hall–Kier alpha value is -3.32. The van der Waals surface area contributed by atoms with Crippen molar-refractivity contribution in [2.75, 3.05) is 5.32 Å². The van der Waals surface area contributed by atoms with Crippen LogP contribution in [0.4, 0.5) is 10.6 Å². The third-order valence-corrected chi connectivity index (χ3v) is 3.75. The van der Waals surface area contributed by atoms with Crippen LogP contribution in [-0.4, -0.2) is 21.7 Å². The first-order chi connectivity index (χ1) is 11.9. The maximum atomic E-state index is 11.5. The normalized spacial score (nSPS) is 10.4. The van der Waals surface area contributed by atoms with Crippen molar-refractivity contribution in [1.29, 1.82) is 0 Å². The summed E-state index contributed by atoms with van der Waals surface area (Å²) >= 11 is 6.01. The van der Waals surface area contributed by atoms with E-state index in [-0.39, 0.29) is 11.4 Å². The minimum absolute atomic E-state index is 0.0129. The third kappa shape index (κ3) is 3.61. The number of aromatic nitrogens is 2. The molecular formula is C17H14ClN5O2. The molecule has 126 valence electrons. The Morgan fingerprint density at radius 1 is 1.04 bits per heavy atom. The third-order valence-electron chi connectivity index (χ3n) is 3.51. The van der Waals surface area contributed by atoms with Crippen molar-refractivity contribution < 1.29 is 9.59 Å². The fourth-order valence-corrected chi connectivity index (χ4v) is 2.56. The molecule has 1 aromatic heterocycles. The highest BCUT2D eigenvalue weighted by molar-refractivity contribution is 6.30. The van der Waals surface area contributed by atoms with Crippen molar-refractivity contribution in [2.45, 2.75) is 0 Å². The van der Waals surface area contributed by atoms with Gasteiger partial charge in [-0.15, -0.1) is 5.10 Å². The van der Waals surface area contributed by atoms with Crippen molar-refractivity contribution in [1.82, 2.24) is 9.78 Å². The number of nitrogens with two attached hydrogens (primary N) is 2. The summed E-state index contributed by atoms with van der Waals surface area (Å²) in [6, 6.07) is 14.1. The van der Waals surface area contributed by atoms with Gasteiger partial charge in [0.1, 0.15) is 5.56 Å². The fourth-order valence-electron chi connectivity index (χ4n) is 2.37. The molecule has 0 fully saturated rings. The van der Waals surface area contributed by atoms with E-state index in [1.807, 2.05) is 48.5 Å². The van der Waals surface area contributed by atoms with Gasteiger partial charge in [0.25, 0.3) is 5.91 Å². The second-order valence-corrected chi connectivity index (χ2v) is 5.68. The van der Waals surface area contributed by atoms with Crippen LogP contribution in [0.25, 0.3) is 16.8 Å². The molecule has 0 spiro atoms. The first-order valence-corrected chi connectivity index (χ1v) is 7.64. The molecule has 0 bridgehead atoms. The Morgan fingerprint density at radius 3 is 2.36 bits per heavy atom. The van der Waals surface area contributed by atoms with Crippen LogP contribution in [0.1, 0.15) is 10.4 Å². The number of rotatable bonds is 4. The second kappa shape index (κ2) is 6.66. The van der Waals surface area contributed by atoms with E-state index >= 15 is 0 Å². The minimum atomic E-state index is -0.830. The quantitative estimate of drug-likeness (QED) is 0.668. The van der Waals surface area contributed by atoms with E-state index in [0.29, 0.717) is 10.7 Å². The van der Waals surface area contributed by atoms with E-state index in [9.17, 15) is 9.59 Å². The summed E-state index contributed by atoms with van der Waals surface area (Å²) in [5.41, 5.74) is 13.1. The summed E-state index contributed by atoms with van der Waals surface area (Å²) in [5.74, 6) is -0.704. The molecule has 0 atom stereocenters. The molecule has 0 aliphatic carbocycles. The number of nitrogens with zero attached hydrogens (tertiary/aromatic N) is 2. The number of hydrogen-bond acceptors (Lipinski definition) is 3. The average molecular weight is 356 g/mol. The number of benzene rings is 2. The molecule has 3 aromatic rings. The molecule has 0 unspecified atom stereocenters. The number of urea groups is 1. The molecule has 0 radical (unpaired) electrons. The predicted octanol–water partition coefficient (Wildman–Crippen LogP) is 2.78. The number of anilines is 1. The van der Waals surface area contributed by atoms with Gasteiger partial charge in [-0.1, -0.05) is 35.9 Å². The lowest BCUT2D eigenvalue weighted by Crippen LogP contribution is -2.22. The van der Waals surface area contributed by atoms with E-state index in [1.165, 1.54) is 10.9 Å². The van der Waals surface area contributed by atoms with Gasteiger partial charge in [-0.05, 0) is 35.4 Å². The van der Waals surface area contributed by atoms with Crippen molar-refractivity contribution in [3.63, 3.8) is 0 Å². The second-order valence-electron chi connectivity index (χ2n) is 5.25. The lowest BCUT2D eigenvalue weighted by atomic mass is 10.1. The molecule has 25 heavy (non-hydrogen) atoms. The fraction of sp³-hybridized carbons (Fsp3) is 0. The zero-order valence-electron chi connectivity index (χ0n) is 12.9. The van der Waals surface area contributed by atoms with Crippen LogP contribution in [0.3, 0.4) is 0 Å². The zero-order chi connectivity index (χ0) is 18.0. The molecule has 0 aliphatic heterocycles. The van der Waals surface area contributed by atoms with Crippen molar-refractivity contribution in [2.24, 2.45) is 11.5 Å². The largest absolute Gasteiger partial charge is 0.365 e. The van der Waals surface area contributed by atoms with Crippen LogP contribution in [0.2, 0.25) is 5.02 Å². The summed E-state index contributed by atoms with van der Waals surface area (Å²) in [4.78, 5) is 22.5. The Labute approximate surface area is 148 Å². The minimum Gasteiger partial charge on any atom is -0.365 e. The summed E-state index contributed by atoms with van der Waals surface area (Å²) in [5, 5.41) is 7.08. The Morgan fingerprint density at radius 2 is 1.76 bits per heavy atom. The molecular weight excluding hydrogens is 342 g/mol. The molecule has 8 heteroatoms. The van der Waals surface area contributed by atoms with Crippen molar-refractivity contribution in [3.05, 3.63) is 65.3 Å². The highest BCUT2D eigenvalue weighted by Crippen LogP contribution is 2.24. The molecule has 0 saturated heterocycles. The van der Waals surface area contributed by atoms with E-state index in [2.05, 4.69) is 10.4 Å². The standard InChI is InChI=1S/C17H14ClN5O2/c18-12-3-1-2-11(8-12)10-4-6-13(7-5-10)23-9-14(15(19)24)16(22-23)21-17(20)25/h1-9H,(H2,19,24)(H3,20,21,22,25). The summed E-state index contributed by atoms with van der Waals surface area (Å²) in [7, 11) is 0. The average Bonchev–Trinajstić information content (AvgIpc) is 2.98. The van der Waals surface area contributed by atoms with Crippen LogP contribution in [-0.2, 0) is 0 Å². The van der Waals surface area contributed by atoms with E-state index in [1.54, 1.807) is 0 Å². The molecule has 7 nitrogen and oxygen atoms in total. The maximum Gasteiger partial charge on any atom is 0.317 e. The van der Waals surface area contributed by atoms with E-state index < -0.39 is 11.9 Å². The number of carbonyl (C=O) groups excluding carboxylic acids is 2. The van der Waals surface area contributed by atoms with Crippen LogP contribution in [0.15, 0.2) is 54.7 Å². The Balaban J connectivity index is 1.94. The SMILES string of the molecule is NC(=O)Nc1nn(-c2ccc(-c3cccc(Cl)c3)cc2)cc1C(N)=O. The topological polar surface area (TPSA) is 116 Å².